The molecule has 0 fully saturated rings. The summed E-state index contributed by atoms with van der Waals surface area (Å²) in [5.41, 5.74) is 3.68. The van der Waals surface area contributed by atoms with E-state index in [2.05, 4.69) is 4.57 Å². The standard InChI is InChI=1S/C19H16FNO2/c1-13(10-19(22)23)15-4-7-18-16(11-15)8-9-21(18)12-14-2-5-17(20)6-3-14/h2-11H,12H2,1H3,(H,22,23)/b13-10+. The van der Waals surface area contributed by atoms with Gasteiger partial charge in [0, 0.05) is 29.7 Å². The summed E-state index contributed by atoms with van der Waals surface area (Å²) in [5.74, 6) is -1.19. The number of aromatic nitrogens is 1. The highest BCUT2D eigenvalue weighted by molar-refractivity contribution is 5.91. The van der Waals surface area contributed by atoms with Crippen molar-refractivity contribution in [3.8, 4) is 0 Å². The van der Waals surface area contributed by atoms with Gasteiger partial charge >= 0.3 is 5.97 Å². The first kappa shape index (κ1) is 15.0. The Kier molecular flexibility index (Phi) is 3.98. The van der Waals surface area contributed by atoms with Crippen molar-refractivity contribution >= 4 is 22.4 Å². The van der Waals surface area contributed by atoms with Crippen molar-refractivity contribution < 1.29 is 14.3 Å². The second-order valence-electron chi connectivity index (χ2n) is 5.51. The molecule has 0 atom stereocenters. The highest BCUT2D eigenvalue weighted by Crippen LogP contribution is 2.23. The number of halogens is 1. The molecule has 0 bridgehead atoms. The van der Waals surface area contributed by atoms with E-state index in [1.807, 2.05) is 30.5 Å². The van der Waals surface area contributed by atoms with Crippen LogP contribution in [0, 0.1) is 5.82 Å². The number of rotatable bonds is 4. The summed E-state index contributed by atoms with van der Waals surface area (Å²) in [6, 6.07) is 14.3. The van der Waals surface area contributed by atoms with E-state index in [4.69, 9.17) is 5.11 Å². The predicted octanol–water partition coefficient (Wildman–Crippen LogP) is 4.32. The van der Waals surface area contributed by atoms with Gasteiger partial charge in [-0.3, -0.25) is 0 Å². The van der Waals surface area contributed by atoms with Crippen LogP contribution in [0.25, 0.3) is 16.5 Å². The maximum atomic E-state index is 13.0. The Morgan fingerprint density at radius 3 is 2.61 bits per heavy atom. The molecule has 4 heteroatoms. The zero-order valence-corrected chi connectivity index (χ0v) is 12.7. The molecule has 23 heavy (non-hydrogen) atoms. The number of nitrogens with zero attached hydrogens (tertiary/aromatic N) is 1. The van der Waals surface area contributed by atoms with Gasteiger partial charge in [0.1, 0.15) is 5.82 Å². The fourth-order valence-electron chi connectivity index (χ4n) is 2.64. The Labute approximate surface area is 133 Å². The van der Waals surface area contributed by atoms with Crippen molar-refractivity contribution in [2.45, 2.75) is 13.5 Å². The van der Waals surface area contributed by atoms with Gasteiger partial charge < -0.3 is 9.67 Å². The molecule has 0 saturated heterocycles. The summed E-state index contributed by atoms with van der Waals surface area (Å²) in [5, 5.41) is 9.88. The minimum Gasteiger partial charge on any atom is -0.478 e. The van der Waals surface area contributed by atoms with E-state index in [1.165, 1.54) is 18.2 Å². The van der Waals surface area contributed by atoms with E-state index in [0.29, 0.717) is 12.1 Å². The zero-order valence-electron chi connectivity index (χ0n) is 12.7. The number of carboxylic acid groups (broad SMARTS) is 1. The lowest BCUT2D eigenvalue weighted by atomic mass is 10.1. The van der Waals surface area contributed by atoms with Crippen LogP contribution in [-0.2, 0) is 11.3 Å². The molecule has 0 radical (unpaired) electrons. The molecule has 0 aliphatic heterocycles. The third-order valence-corrected chi connectivity index (χ3v) is 3.83. The average molecular weight is 309 g/mol. The van der Waals surface area contributed by atoms with Crippen LogP contribution in [0.4, 0.5) is 4.39 Å². The van der Waals surface area contributed by atoms with Crippen LogP contribution in [0.3, 0.4) is 0 Å². The summed E-state index contributed by atoms with van der Waals surface area (Å²) in [7, 11) is 0. The highest BCUT2D eigenvalue weighted by Gasteiger charge is 2.05. The molecule has 3 nitrogen and oxygen atoms in total. The number of benzene rings is 2. The Morgan fingerprint density at radius 2 is 1.91 bits per heavy atom. The van der Waals surface area contributed by atoms with Gasteiger partial charge in [-0.1, -0.05) is 18.2 Å². The summed E-state index contributed by atoms with van der Waals surface area (Å²) in [4.78, 5) is 10.8. The van der Waals surface area contributed by atoms with E-state index in [-0.39, 0.29) is 5.82 Å². The summed E-state index contributed by atoms with van der Waals surface area (Å²) in [6.45, 7) is 2.44. The van der Waals surface area contributed by atoms with Crippen molar-refractivity contribution in [3.63, 3.8) is 0 Å². The van der Waals surface area contributed by atoms with Crippen molar-refractivity contribution in [2.24, 2.45) is 0 Å². The van der Waals surface area contributed by atoms with Gasteiger partial charge in [-0.15, -0.1) is 0 Å². The van der Waals surface area contributed by atoms with E-state index >= 15 is 0 Å². The van der Waals surface area contributed by atoms with Crippen molar-refractivity contribution in [1.29, 1.82) is 0 Å². The molecule has 3 aromatic rings. The second-order valence-corrected chi connectivity index (χ2v) is 5.51. The number of hydrogen-bond acceptors (Lipinski definition) is 1. The number of aliphatic carboxylic acids is 1. The molecule has 0 spiro atoms. The monoisotopic (exact) mass is 309 g/mol. The minimum atomic E-state index is -0.948. The average Bonchev–Trinajstić information content (AvgIpc) is 2.91. The maximum absolute atomic E-state index is 13.0. The molecule has 1 aromatic heterocycles. The third kappa shape index (κ3) is 3.31. The van der Waals surface area contributed by atoms with Gasteiger partial charge in [0.05, 0.1) is 0 Å². The molecule has 0 unspecified atom stereocenters. The second kappa shape index (κ2) is 6.08. The Hall–Kier alpha value is -2.88. The topological polar surface area (TPSA) is 42.2 Å². The predicted molar refractivity (Wildman–Crippen MR) is 88.7 cm³/mol. The molecule has 1 N–H and O–H groups in total. The molecule has 1 heterocycles. The number of allylic oxidation sites excluding steroid dienone is 1. The summed E-state index contributed by atoms with van der Waals surface area (Å²) >= 11 is 0. The van der Waals surface area contributed by atoms with E-state index in [0.717, 1.165) is 22.0 Å². The Balaban J connectivity index is 1.92. The van der Waals surface area contributed by atoms with E-state index in [9.17, 15) is 9.18 Å². The largest absolute Gasteiger partial charge is 0.478 e. The van der Waals surface area contributed by atoms with Crippen LogP contribution in [0.15, 0.2) is 60.8 Å². The highest BCUT2D eigenvalue weighted by atomic mass is 19.1. The van der Waals surface area contributed by atoms with Crippen LogP contribution in [0.5, 0.6) is 0 Å². The minimum absolute atomic E-state index is 0.239. The fraction of sp³-hybridized carbons (Fsp3) is 0.105. The Bertz CT molecular complexity index is 891. The molecule has 2 aromatic carbocycles. The molecular weight excluding hydrogens is 293 g/mol. The van der Waals surface area contributed by atoms with Crippen molar-refractivity contribution in [3.05, 3.63) is 77.7 Å². The molecule has 116 valence electrons. The lowest BCUT2D eigenvalue weighted by Crippen LogP contribution is -1.98. The van der Waals surface area contributed by atoms with Crippen LogP contribution in [-0.4, -0.2) is 15.6 Å². The normalized spacial score (nSPS) is 11.8. The molecule has 0 saturated carbocycles. The maximum Gasteiger partial charge on any atom is 0.328 e. The molecule has 0 amide bonds. The number of carboxylic acids is 1. The van der Waals surface area contributed by atoms with Crippen LogP contribution < -0.4 is 0 Å². The lowest BCUT2D eigenvalue weighted by molar-refractivity contribution is -0.131. The fourth-order valence-corrected chi connectivity index (χ4v) is 2.64. The van der Waals surface area contributed by atoms with Crippen molar-refractivity contribution in [2.75, 3.05) is 0 Å². The molecule has 3 rings (SSSR count). The third-order valence-electron chi connectivity index (χ3n) is 3.83. The van der Waals surface area contributed by atoms with Crippen LogP contribution in [0.2, 0.25) is 0 Å². The smallest absolute Gasteiger partial charge is 0.328 e. The Morgan fingerprint density at radius 1 is 1.17 bits per heavy atom. The van der Waals surface area contributed by atoms with E-state index in [1.54, 1.807) is 19.1 Å². The summed E-state index contributed by atoms with van der Waals surface area (Å²) in [6.07, 6.45) is 3.19. The first-order valence-electron chi connectivity index (χ1n) is 7.28. The molecule has 0 aliphatic rings. The van der Waals surface area contributed by atoms with Gasteiger partial charge in [-0.25, -0.2) is 9.18 Å². The van der Waals surface area contributed by atoms with E-state index < -0.39 is 5.97 Å². The molecular formula is C19H16FNO2. The van der Waals surface area contributed by atoms with Gasteiger partial charge in [0.2, 0.25) is 0 Å². The van der Waals surface area contributed by atoms with Gasteiger partial charge in [-0.2, -0.15) is 0 Å². The van der Waals surface area contributed by atoms with Gasteiger partial charge in [0.25, 0.3) is 0 Å². The zero-order chi connectivity index (χ0) is 16.4. The number of hydrogen-bond donors (Lipinski definition) is 1. The first-order valence-corrected chi connectivity index (χ1v) is 7.28. The first-order chi connectivity index (χ1) is 11.0. The quantitative estimate of drug-likeness (QED) is 0.729. The summed E-state index contributed by atoms with van der Waals surface area (Å²) < 4.78 is 15.1. The van der Waals surface area contributed by atoms with Crippen LogP contribution >= 0.6 is 0 Å². The number of carbonyl (C=O) groups is 1. The molecule has 0 aliphatic carbocycles. The van der Waals surface area contributed by atoms with Gasteiger partial charge in [-0.05, 0) is 54.0 Å². The SMILES string of the molecule is C/C(=C\C(=O)O)c1ccc2c(ccn2Cc2ccc(F)cc2)c1. The lowest BCUT2D eigenvalue weighted by Gasteiger charge is -2.07. The van der Waals surface area contributed by atoms with Crippen LogP contribution in [0.1, 0.15) is 18.1 Å². The van der Waals surface area contributed by atoms with Gasteiger partial charge in [0.15, 0.2) is 0 Å². The van der Waals surface area contributed by atoms with Crippen molar-refractivity contribution in [1.82, 2.24) is 4.57 Å². The number of fused-ring (bicyclic) bond motifs is 1.